The standard InChI is InChI=1S/C14H8BrNOS.BrH/c15-14-16-12-10(7-4-8-11(12)18-14)13(17)9-5-2-1-3-6-9;/h1-8H;1H. The fourth-order valence-corrected chi connectivity index (χ4v) is 3.27. The van der Waals surface area contributed by atoms with E-state index in [0.717, 1.165) is 14.1 Å². The lowest BCUT2D eigenvalue weighted by Gasteiger charge is -2.01. The number of para-hydroxylation sites is 1. The SMILES string of the molecule is Br.O=C(c1ccccc1)c1cccc2sc(Br)nc12. The summed E-state index contributed by atoms with van der Waals surface area (Å²) in [6.07, 6.45) is 0. The van der Waals surface area contributed by atoms with Gasteiger partial charge in [0.05, 0.1) is 10.2 Å². The van der Waals surface area contributed by atoms with Crippen LogP contribution in [0.25, 0.3) is 10.2 Å². The monoisotopic (exact) mass is 397 g/mol. The summed E-state index contributed by atoms with van der Waals surface area (Å²) in [5.74, 6) is 0.0130. The van der Waals surface area contributed by atoms with E-state index >= 15 is 0 Å². The summed E-state index contributed by atoms with van der Waals surface area (Å²) in [4.78, 5) is 16.8. The average Bonchev–Trinajstić information content (AvgIpc) is 2.79. The van der Waals surface area contributed by atoms with Gasteiger partial charge in [0.25, 0.3) is 0 Å². The number of hydrogen-bond acceptors (Lipinski definition) is 3. The molecule has 0 unspecified atom stereocenters. The Kier molecular flexibility index (Phi) is 4.50. The van der Waals surface area contributed by atoms with E-state index in [1.54, 1.807) is 0 Å². The molecule has 0 saturated heterocycles. The second-order valence-corrected chi connectivity index (χ2v) is 6.12. The number of rotatable bonds is 2. The number of halogens is 2. The second kappa shape index (κ2) is 5.94. The van der Waals surface area contributed by atoms with Crippen molar-refractivity contribution >= 4 is 60.2 Å². The molecule has 0 amide bonds. The highest BCUT2D eigenvalue weighted by Crippen LogP contribution is 2.29. The van der Waals surface area contributed by atoms with Crippen molar-refractivity contribution in [3.05, 3.63) is 63.6 Å². The van der Waals surface area contributed by atoms with Crippen molar-refractivity contribution in [3.63, 3.8) is 0 Å². The van der Waals surface area contributed by atoms with Crippen molar-refractivity contribution in [1.82, 2.24) is 4.98 Å². The van der Waals surface area contributed by atoms with Crippen LogP contribution in [-0.2, 0) is 0 Å². The van der Waals surface area contributed by atoms with E-state index in [-0.39, 0.29) is 22.8 Å². The molecule has 0 saturated carbocycles. The number of ketones is 1. The fourth-order valence-electron chi connectivity index (χ4n) is 1.85. The molecular weight excluding hydrogens is 390 g/mol. The van der Waals surface area contributed by atoms with Crippen LogP contribution in [0.3, 0.4) is 0 Å². The Labute approximate surface area is 133 Å². The summed E-state index contributed by atoms with van der Waals surface area (Å²) in [7, 11) is 0. The molecule has 0 atom stereocenters. The summed E-state index contributed by atoms with van der Waals surface area (Å²) in [5.41, 5.74) is 2.11. The van der Waals surface area contributed by atoms with Crippen LogP contribution < -0.4 is 0 Å². The Morgan fingerprint density at radius 1 is 1.05 bits per heavy atom. The lowest BCUT2D eigenvalue weighted by molar-refractivity contribution is 0.104. The third-order valence-electron chi connectivity index (χ3n) is 2.67. The molecule has 1 aromatic heterocycles. The van der Waals surface area contributed by atoms with Gasteiger partial charge in [-0.2, -0.15) is 0 Å². The third-order valence-corrected chi connectivity index (χ3v) is 4.15. The first kappa shape index (κ1) is 14.4. The largest absolute Gasteiger partial charge is 0.289 e. The molecule has 0 radical (unpaired) electrons. The van der Waals surface area contributed by atoms with Gasteiger partial charge in [0, 0.05) is 11.1 Å². The van der Waals surface area contributed by atoms with Crippen LogP contribution >= 0.6 is 44.2 Å². The zero-order chi connectivity index (χ0) is 12.5. The van der Waals surface area contributed by atoms with Crippen molar-refractivity contribution in [2.24, 2.45) is 0 Å². The number of hydrogen-bond donors (Lipinski definition) is 0. The van der Waals surface area contributed by atoms with Crippen LogP contribution in [0.4, 0.5) is 0 Å². The summed E-state index contributed by atoms with van der Waals surface area (Å²) in [6.45, 7) is 0. The molecular formula is C14H9Br2NOS. The van der Waals surface area contributed by atoms with Gasteiger partial charge in [0.2, 0.25) is 0 Å². The third kappa shape index (κ3) is 2.78. The quantitative estimate of drug-likeness (QED) is 0.576. The van der Waals surface area contributed by atoms with Crippen LogP contribution in [0.15, 0.2) is 52.4 Å². The molecule has 19 heavy (non-hydrogen) atoms. The number of thiazole rings is 1. The second-order valence-electron chi connectivity index (χ2n) is 3.81. The lowest BCUT2D eigenvalue weighted by atomic mass is 10.0. The molecule has 0 fully saturated rings. The minimum absolute atomic E-state index is 0. The van der Waals surface area contributed by atoms with Gasteiger partial charge in [-0.3, -0.25) is 4.79 Å². The van der Waals surface area contributed by atoms with Gasteiger partial charge in [0.1, 0.15) is 0 Å². The zero-order valence-electron chi connectivity index (χ0n) is 9.67. The van der Waals surface area contributed by atoms with E-state index in [1.165, 1.54) is 11.3 Å². The maximum Gasteiger partial charge on any atom is 0.195 e. The molecule has 0 spiro atoms. The average molecular weight is 399 g/mol. The Hall–Kier alpha value is -1.04. The molecule has 5 heteroatoms. The van der Waals surface area contributed by atoms with Crippen molar-refractivity contribution in [1.29, 1.82) is 0 Å². The fraction of sp³-hybridized carbons (Fsp3) is 0. The molecule has 3 rings (SSSR count). The van der Waals surface area contributed by atoms with E-state index in [9.17, 15) is 4.79 Å². The first-order valence-corrected chi connectivity index (χ1v) is 7.01. The molecule has 3 aromatic rings. The van der Waals surface area contributed by atoms with Crippen LogP contribution in [-0.4, -0.2) is 10.8 Å². The van der Waals surface area contributed by atoms with Gasteiger partial charge in [-0.15, -0.1) is 28.3 Å². The van der Waals surface area contributed by atoms with Gasteiger partial charge >= 0.3 is 0 Å². The van der Waals surface area contributed by atoms with Crippen molar-refractivity contribution in [2.75, 3.05) is 0 Å². The number of carbonyl (C=O) groups excluding carboxylic acids is 1. The zero-order valence-corrected chi connectivity index (χ0v) is 13.8. The summed E-state index contributed by atoms with van der Waals surface area (Å²) < 4.78 is 1.81. The van der Waals surface area contributed by atoms with Gasteiger partial charge < -0.3 is 0 Å². The molecule has 0 aliphatic rings. The molecule has 1 heterocycles. The minimum atomic E-state index is 0. The first-order chi connectivity index (χ1) is 8.75. The highest BCUT2D eigenvalue weighted by molar-refractivity contribution is 9.11. The molecule has 2 nitrogen and oxygen atoms in total. The lowest BCUT2D eigenvalue weighted by Crippen LogP contribution is -2.01. The normalized spacial score (nSPS) is 10.2. The smallest absolute Gasteiger partial charge is 0.195 e. The Morgan fingerprint density at radius 2 is 1.79 bits per heavy atom. The molecule has 0 N–H and O–H groups in total. The van der Waals surface area contributed by atoms with E-state index in [2.05, 4.69) is 20.9 Å². The number of benzene rings is 2. The summed E-state index contributed by atoms with van der Waals surface area (Å²) >= 11 is 4.89. The van der Waals surface area contributed by atoms with Crippen molar-refractivity contribution in [2.45, 2.75) is 0 Å². The molecule has 0 bridgehead atoms. The molecule has 0 aliphatic carbocycles. The van der Waals surface area contributed by atoms with Crippen molar-refractivity contribution in [3.8, 4) is 0 Å². The van der Waals surface area contributed by atoms with Crippen molar-refractivity contribution < 1.29 is 4.79 Å². The van der Waals surface area contributed by atoms with E-state index < -0.39 is 0 Å². The number of fused-ring (bicyclic) bond motifs is 1. The van der Waals surface area contributed by atoms with E-state index in [0.29, 0.717) is 11.1 Å². The van der Waals surface area contributed by atoms with Gasteiger partial charge in [-0.05, 0) is 28.1 Å². The predicted octanol–water partition coefficient (Wildman–Crippen LogP) is 4.87. The van der Waals surface area contributed by atoms with Gasteiger partial charge in [-0.1, -0.05) is 36.4 Å². The number of carbonyl (C=O) groups is 1. The Balaban J connectivity index is 0.00000133. The number of aromatic nitrogens is 1. The topological polar surface area (TPSA) is 30.0 Å². The Morgan fingerprint density at radius 3 is 2.53 bits per heavy atom. The van der Waals surface area contributed by atoms with Crippen LogP contribution in [0.2, 0.25) is 0 Å². The highest BCUT2D eigenvalue weighted by atomic mass is 79.9. The molecule has 96 valence electrons. The van der Waals surface area contributed by atoms with E-state index in [4.69, 9.17) is 0 Å². The first-order valence-electron chi connectivity index (χ1n) is 5.40. The maximum atomic E-state index is 12.4. The minimum Gasteiger partial charge on any atom is -0.289 e. The summed E-state index contributed by atoms with van der Waals surface area (Å²) in [5, 5.41) is 0. The summed E-state index contributed by atoms with van der Waals surface area (Å²) in [6, 6.07) is 15.0. The highest BCUT2D eigenvalue weighted by Gasteiger charge is 2.14. The van der Waals surface area contributed by atoms with E-state index in [1.807, 2.05) is 48.5 Å². The van der Waals surface area contributed by atoms with Crippen LogP contribution in [0.5, 0.6) is 0 Å². The van der Waals surface area contributed by atoms with Gasteiger partial charge in [-0.25, -0.2) is 4.98 Å². The maximum absolute atomic E-state index is 12.4. The van der Waals surface area contributed by atoms with Crippen LogP contribution in [0.1, 0.15) is 15.9 Å². The molecule has 2 aromatic carbocycles. The number of nitrogens with zero attached hydrogens (tertiary/aromatic N) is 1. The predicted molar refractivity (Wildman–Crippen MR) is 87.5 cm³/mol. The van der Waals surface area contributed by atoms with Crippen LogP contribution in [0, 0.1) is 0 Å². The van der Waals surface area contributed by atoms with Gasteiger partial charge in [0.15, 0.2) is 9.70 Å². The molecule has 0 aliphatic heterocycles. The Bertz CT molecular complexity index is 725.